The van der Waals surface area contributed by atoms with E-state index in [1.807, 2.05) is 26.0 Å². The lowest BCUT2D eigenvalue weighted by molar-refractivity contribution is 1.48. The number of allylic oxidation sites excluding steroid dienone is 4. The van der Waals surface area contributed by atoms with Crippen molar-refractivity contribution < 1.29 is 0 Å². The second kappa shape index (κ2) is 4.21. The predicted octanol–water partition coefficient (Wildman–Crippen LogP) is 2.14. The van der Waals surface area contributed by atoms with Gasteiger partial charge in [-0.15, -0.1) is 6.42 Å². The number of rotatable bonds is 1. The van der Waals surface area contributed by atoms with Gasteiger partial charge in [-0.05, 0) is 19.9 Å². The minimum atomic E-state index is 1.20. The summed E-state index contributed by atoms with van der Waals surface area (Å²) >= 11 is 0. The van der Waals surface area contributed by atoms with Crippen molar-refractivity contribution in [3.05, 3.63) is 23.8 Å². The van der Waals surface area contributed by atoms with Gasteiger partial charge < -0.3 is 0 Å². The summed E-state index contributed by atoms with van der Waals surface area (Å²) in [6.07, 6.45) is 10.6. The van der Waals surface area contributed by atoms with Crippen molar-refractivity contribution in [3.63, 3.8) is 0 Å². The monoisotopic (exact) mass is 106 g/mol. The molecular weight excluding hydrogens is 96.1 g/mol. The highest BCUT2D eigenvalue weighted by atomic mass is 13.8. The summed E-state index contributed by atoms with van der Waals surface area (Å²) in [6, 6.07) is 0. The summed E-state index contributed by atoms with van der Waals surface area (Å²) in [6.45, 7) is 3.99. The van der Waals surface area contributed by atoms with E-state index >= 15 is 0 Å². The van der Waals surface area contributed by atoms with Gasteiger partial charge in [-0.2, -0.15) is 0 Å². The summed E-state index contributed by atoms with van der Waals surface area (Å²) in [7, 11) is 0. The second-order valence-corrected chi connectivity index (χ2v) is 1.53. The molecule has 0 N–H and O–H groups in total. The lowest BCUT2D eigenvalue weighted by Gasteiger charge is -1.81. The van der Waals surface area contributed by atoms with Crippen LogP contribution < -0.4 is 0 Å². The average molecular weight is 106 g/mol. The van der Waals surface area contributed by atoms with Crippen molar-refractivity contribution >= 4 is 0 Å². The predicted molar refractivity (Wildman–Crippen MR) is 37.4 cm³/mol. The molecule has 0 aliphatic heterocycles. The third kappa shape index (κ3) is 3.24. The minimum Gasteiger partial charge on any atom is -0.115 e. The van der Waals surface area contributed by atoms with E-state index in [1.54, 1.807) is 6.08 Å². The summed E-state index contributed by atoms with van der Waals surface area (Å²) < 4.78 is 0. The third-order valence-electron chi connectivity index (χ3n) is 0.898. The zero-order chi connectivity index (χ0) is 6.41. The maximum Gasteiger partial charge on any atom is -0.0119 e. The van der Waals surface area contributed by atoms with Crippen LogP contribution in [0.5, 0.6) is 0 Å². The van der Waals surface area contributed by atoms with Gasteiger partial charge in [0.15, 0.2) is 0 Å². The number of terminal acetylenes is 1. The first-order valence-electron chi connectivity index (χ1n) is 2.57. The molecule has 0 rings (SSSR count). The Labute approximate surface area is 50.9 Å². The molecule has 0 unspecified atom stereocenters. The highest BCUT2D eigenvalue weighted by Crippen LogP contribution is 1.91. The van der Waals surface area contributed by atoms with Crippen molar-refractivity contribution in [1.29, 1.82) is 0 Å². The van der Waals surface area contributed by atoms with Crippen LogP contribution in [0.3, 0.4) is 0 Å². The molecule has 0 aliphatic rings. The first-order valence-corrected chi connectivity index (χ1v) is 2.57. The molecule has 0 saturated heterocycles. The van der Waals surface area contributed by atoms with E-state index < -0.39 is 0 Å². The smallest absolute Gasteiger partial charge is 0.0119 e. The molecule has 0 amide bonds. The van der Waals surface area contributed by atoms with E-state index in [-0.39, 0.29) is 0 Å². The van der Waals surface area contributed by atoms with Gasteiger partial charge in [0.05, 0.1) is 0 Å². The number of hydrogen-bond acceptors (Lipinski definition) is 0. The highest BCUT2D eigenvalue weighted by Gasteiger charge is 1.71. The summed E-state index contributed by atoms with van der Waals surface area (Å²) in [4.78, 5) is 0. The first kappa shape index (κ1) is 7.04. The summed E-state index contributed by atoms with van der Waals surface area (Å²) in [5, 5.41) is 0. The van der Waals surface area contributed by atoms with E-state index in [1.165, 1.54) is 5.57 Å². The van der Waals surface area contributed by atoms with Gasteiger partial charge in [-0.25, -0.2) is 0 Å². The van der Waals surface area contributed by atoms with Crippen molar-refractivity contribution in [1.82, 2.24) is 0 Å². The molecule has 0 atom stereocenters. The lowest BCUT2D eigenvalue weighted by atomic mass is 10.3. The van der Waals surface area contributed by atoms with Gasteiger partial charge >= 0.3 is 0 Å². The molecular formula is C8H10. The fourth-order valence-corrected chi connectivity index (χ4v) is 0.276. The molecule has 0 bridgehead atoms. The third-order valence-corrected chi connectivity index (χ3v) is 0.898. The molecule has 0 aromatic heterocycles. The van der Waals surface area contributed by atoms with Gasteiger partial charge in [0.2, 0.25) is 0 Å². The van der Waals surface area contributed by atoms with Crippen molar-refractivity contribution in [2.75, 3.05) is 0 Å². The lowest BCUT2D eigenvalue weighted by Crippen LogP contribution is -1.61. The summed E-state index contributed by atoms with van der Waals surface area (Å²) in [5.41, 5.74) is 1.20. The highest BCUT2D eigenvalue weighted by molar-refractivity contribution is 5.22. The van der Waals surface area contributed by atoms with Gasteiger partial charge in [0, 0.05) is 0 Å². The van der Waals surface area contributed by atoms with Crippen LogP contribution in [0.25, 0.3) is 0 Å². The fourth-order valence-electron chi connectivity index (χ4n) is 0.276. The fraction of sp³-hybridized carbons (Fsp3) is 0.250. The molecule has 0 aliphatic carbocycles. The second-order valence-electron chi connectivity index (χ2n) is 1.53. The van der Waals surface area contributed by atoms with Gasteiger partial charge in [0.1, 0.15) is 0 Å². The van der Waals surface area contributed by atoms with E-state index in [4.69, 9.17) is 6.42 Å². The van der Waals surface area contributed by atoms with Crippen LogP contribution in [0.15, 0.2) is 23.8 Å². The quantitative estimate of drug-likeness (QED) is 0.355. The molecule has 8 heavy (non-hydrogen) atoms. The van der Waals surface area contributed by atoms with E-state index in [2.05, 4.69) is 5.92 Å². The molecule has 0 aromatic rings. The Morgan fingerprint density at radius 2 is 2.25 bits per heavy atom. The molecule has 0 saturated carbocycles. The molecule has 0 heterocycles. The van der Waals surface area contributed by atoms with Crippen LogP contribution in [0.1, 0.15) is 13.8 Å². The van der Waals surface area contributed by atoms with E-state index in [0.717, 1.165) is 0 Å². The maximum atomic E-state index is 4.97. The molecule has 0 heteroatoms. The van der Waals surface area contributed by atoms with Crippen LogP contribution in [0, 0.1) is 12.3 Å². The van der Waals surface area contributed by atoms with Crippen LogP contribution in [-0.2, 0) is 0 Å². The standard InChI is InChI=1S/C8H10/c1-4-6-7-8(3)5-2/h1,5-7H,2-3H3/b7-6-,8-5-. The Hall–Kier alpha value is -0.960. The Balaban J connectivity index is 3.75. The van der Waals surface area contributed by atoms with Crippen molar-refractivity contribution in [3.8, 4) is 12.3 Å². The SMILES string of the molecule is C#C/C=C\C(C)=C/C. The van der Waals surface area contributed by atoms with Crippen LogP contribution in [-0.4, -0.2) is 0 Å². The minimum absolute atomic E-state index is 1.20. The molecule has 0 spiro atoms. The maximum absolute atomic E-state index is 4.97. The van der Waals surface area contributed by atoms with Crippen LogP contribution >= 0.6 is 0 Å². The Kier molecular flexibility index (Phi) is 3.70. The zero-order valence-corrected chi connectivity index (χ0v) is 5.31. The normalized spacial score (nSPS) is 11.9. The van der Waals surface area contributed by atoms with Crippen molar-refractivity contribution in [2.45, 2.75) is 13.8 Å². The summed E-state index contributed by atoms with van der Waals surface area (Å²) in [5.74, 6) is 2.41. The largest absolute Gasteiger partial charge is 0.115 e. The van der Waals surface area contributed by atoms with Crippen LogP contribution in [0.4, 0.5) is 0 Å². The van der Waals surface area contributed by atoms with Gasteiger partial charge in [-0.3, -0.25) is 0 Å². The number of hydrogen-bond donors (Lipinski definition) is 0. The van der Waals surface area contributed by atoms with E-state index in [9.17, 15) is 0 Å². The van der Waals surface area contributed by atoms with Gasteiger partial charge in [0.25, 0.3) is 0 Å². The molecule has 0 radical (unpaired) electrons. The Morgan fingerprint density at radius 3 is 2.62 bits per heavy atom. The van der Waals surface area contributed by atoms with E-state index in [0.29, 0.717) is 0 Å². The first-order chi connectivity index (χ1) is 3.81. The molecule has 0 aromatic carbocycles. The average Bonchev–Trinajstić information content (AvgIpc) is 1.83. The Bertz CT molecular complexity index is 142. The zero-order valence-electron chi connectivity index (χ0n) is 5.31. The topological polar surface area (TPSA) is 0 Å². The molecule has 0 nitrogen and oxygen atoms in total. The molecule has 42 valence electrons. The Morgan fingerprint density at radius 1 is 1.62 bits per heavy atom. The van der Waals surface area contributed by atoms with Crippen LogP contribution in [0.2, 0.25) is 0 Å². The van der Waals surface area contributed by atoms with Gasteiger partial charge in [-0.1, -0.05) is 23.6 Å². The van der Waals surface area contributed by atoms with Crippen molar-refractivity contribution in [2.24, 2.45) is 0 Å². The molecule has 0 fully saturated rings.